The van der Waals surface area contributed by atoms with Crippen molar-refractivity contribution in [3.8, 4) is 0 Å². The van der Waals surface area contributed by atoms with Gasteiger partial charge in [0.1, 0.15) is 0 Å². The van der Waals surface area contributed by atoms with Gasteiger partial charge in [0.25, 0.3) is 0 Å². The van der Waals surface area contributed by atoms with Gasteiger partial charge in [-0.1, -0.05) is 11.6 Å². The highest BCUT2D eigenvalue weighted by Gasteiger charge is 2.08. The van der Waals surface area contributed by atoms with Crippen LogP contribution in [0.2, 0.25) is 5.02 Å². The molecule has 0 bridgehead atoms. The third-order valence-corrected chi connectivity index (χ3v) is 4.96. The summed E-state index contributed by atoms with van der Waals surface area (Å²) in [6.07, 6.45) is 0. The van der Waals surface area contributed by atoms with Gasteiger partial charge in [0.05, 0.1) is 17.6 Å². The maximum absolute atomic E-state index is 6.07. The van der Waals surface area contributed by atoms with Crippen molar-refractivity contribution in [2.24, 2.45) is 0 Å². The van der Waals surface area contributed by atoms with Crippen LogP contribution in [-0.4, -0.2) is 9.55 Å². The molecule has 0 amide bonds. The minimum atomic E-state index is 0.730. The van der Waals surface area contributed by atoms with Crippen molar-refractivity contribution >= 4 is 46.2 Å². The molecule has 0 aliphatic rings. The zero-order valence-electron chi connectivity index (χ0n) is 10.7. The van der Waals surface area contributed by atoms with Crippen LogP contribution in [0.25, 0.3) is 11.0 Å². The molecule has 0 aliphatic heterocycles. The number of nitrogens with zero attached hydrogens (tertiary/aromatic N) is 1. The molecular weight excluding hydrogens is 296 g/mol. The minimum Gasteiger partial charge on any atom is -0.331 e. The van der Waals surface area contributed by atoms with E-state index in [1.165, 1.54) is 15.3 Å². The van der Waals surface area contributed by atoms with E-state index in [2.05, 4.69) is 29.5 Å². The van der Waals surface area contributed by atoms with Gasteiger partial charge in [-0.15, -0.1) is 11.3 Å². The number of rotatable bonds is 2. The molecule has 5 heteroatoms. The summed E-state index contributed by atoms with van der Waals surface area (Å²) in [7, 11) is 0. The van der Waals surface area contributed by atoms with E-state index in [9.17, 15) is 0 Å². The number of hydrogen-bond donors (Lipinski definition) is 1. The van der Waals surface area contributed by atoms with Crippen LogP contribution in [0.3, 0.4) is 0 Å². The Labute approximate surface area is 125 Å². The molecule has 0 saturated carbocycles. The fraction of sp³-hybridized carbons (Fsp3) is 0.214. The van der Waals surface area contributed by atoms with Crippen molar-refractivity contribution in [2.75, 3.05) is 0 Å². The molecule has 3 aromatic rings. The predicted molar refractivity (Wildman–Crippen MR) is 85.0 cm³/mol. The van der Waals surface area contributed by atoms with E-state index in [0.717, 1.165) is 27.4 Å². The number of H-pyrrole nitrogens is 1. The summed E-state index contributed by atoms with van der Waals surface area (Å²) >= 11 is 13.3. The van der Waals surface area contributed by atoms with E-state index in [0.29, 0.717) is 0 Å². The minimum absolute atomic E-state index is 0.730. The van der Waals surface area contributed by atoms with Crippen molar-refractivity contribution in [1.82, 2.24) is 9.55 Å². The maximum atomic E-state index is 6.07. The molecule has 0 atom stereocenters. The van der Waals surface area contributed by atoms with E-state index < -0.39 is 0 Å². The molecule has 1 aromatic carbocycles. The zero-order chi connectivity index (χ0) is 13.6. The first kappa shape index (κ1) is 12.9. The zero-order valence-corrected chi connectivity index (χ0v) is 13.0. The Balaban J connectivity index is 2.11. The van der Waals surface area contributed by atoms with Gasteiger partial charge in [0, 0.05) is 14.8 Å². The maximum Gasteiger partial charge on any atom is 0.178 e. The Morgan fingerprint density at radius 3 is 2.79 bits per heavy atom. The van der Waals surface area contributed by atoms with Gasteiger partial charge < -0.3 is 9.55 Å². The Hall–Kier alpha value is -1.10. The largest absolute Gasteiger partial charge is 0.331 e. The van der Waals surface area contributed by atoms with E-state index in [-0.39, 0.29) is 0 Å². The fourth-order valence-electron chi connectivity index (χ4n) is 2.17. The van der Waals surface area contributed by atoms with E-state index >= 15 is 0 Å². The number of nitrogens with one attached hydrogen (secondary N) is 1. The van der Waals surface area contributed by atoms with Crippen LogP contribution in [-0.2, 0) is 6.54 Å². The summed E-state index contributed by atoms with van der Waals surface area (Å²) in [6.45, 7) is 5.08. The van der Waals surface area contributed by atoms with Gasteiger partial charge >= 0.3 is 0 Å². The lowest BCUT2D eigenvalue weighted by Crippen LogP contribution is -1.97. The molecule has 0 saturated heterocycles. The molecule has 3 rings (SSSR count). The first-order chi connectivity index (χ1) is 9.04. The number of imidazole rings is 1. The fourth-order valence-corrected chi connectivity index (χ4v) is 3.65. The van der Waals surface area contributed by atoms with Gasteiger partial charge in [-0.3, -0.25) is 0 Å². The van der Waals surface area contributed by atoms with Crippen LogP contribution >= 0.6 is 35.2 Å². The van der Waals surface area contributed by atoms with Crippen molar-refractivity contribution in [3.05, 3.63) is 49.4 Å². The molecule has 0 radical (unpaired) electrons. The molecular formula is C14H13ClN2S2. The number of aromatic nitrogens is 2. The SMILES string of the molecule is Cc1cc(Cn2c(=S)[nH]c3ccc(Cl)cc32)sc1C. The number of benzene rings is 1. The number of aryl methyl sites for hydroxylation is 2. The van der Waals surface area contributed by atoms with E-state index in [1.54, 1.807) is 0 Å². The number of halogens is 1. The smallest absolute Gasteiger partial charge is 0.178 e. The first-order valence-electron chi connectivity index (χ1n) is 5.98. The van der Waals surface area contributed by atoms with Crippen LogP contribution in [0.15, 0.2) is 24.3 Å². The van der Waals surface area contributed by atoms with Crippen molar-refractivity contribution in [3.63, 3.8) is 0 Å². The lowest BCUT2D eigenvalue weighted by molar-refractivity contribution is 0.823. The highest BCUT2D eigenvalue weighted by Crippen LogP contribution is 2.24. The second kappa shape index (κ2) is 4.78. The Bertz CT molecular complexity index is 791. The summed E-state index contributed by atoms with van der Waals surface area (Å²) in [5, 5.41) is 0.730. The van der Waals surface area contributed by atoms with Gasteiger partial charge in [-0.05, 0) is 55.9 Å². The summed E-state index contributed by atoms with van der Waals surface area (Å²) in [5.74, 6) is 0. The Morgan fingerprint density at radius 1 is 1.32 bits per heavy atom. The normalized spacial score (nSPS) is 11.3. The second-order valence-corrected chi connectivity index (χ2v) is 6.79. The van der Waals surface area contributed by atoms with Crippen molar-refractivity contribution in [1.29, 1.82) is 0 Å². The first-order valence-corrected chi connectivity index (χ1v) is 7.59. The van der Waals surface area contributed by atoms with Gasteiger partial charge in [0.2, 0.25) is 0 Å². The van der Waals surface area contributed by atoms with E-state index in [1.807, 2.05) is 29.5 Å². The number of fused-ring (bicyclic) bond motifs is 1. The molecule has 2 nitrogen and oxygen atoms in total. The molecule has 1 N–H and O–H groups in total. The predicted octanol–water partition coefficient (Wildman–Crippen LogP) is 5.08. The van der Waals surface area contributed by atoms with E-state index in [4.69, 9.17) is 23.8 Å². The lowest BCUT2D eigenvalue weighted by atomic mass is 10.3. The summed E-state index contributed by atoms with van der Waals surface area (Å²) in [5.41, 5.74) is 3.42. The topological polar surface area (TPSA) is 20.7 Å². The highest BCUT2D eigenvalue weighted by atomic mass is 35.5. The van der Waals surface area contributed by atoms with Gasteiger partial charge in [0.15, 0.2) is 4.77 Å². The van der Waals surface area contributed by atoms with Crippen molar-refractivity contribution in [2.45, 2.75) is 20.4 Å². The number of hydrogen-bond acceptors (Lipinski definition) is 2. The van der Waals surface area contributed by atoms with Crippen LogP contribution in [0, 0.1) is 18.6 Å². The summed E-state index contributed by atoms with van der Waals surface area (Å²) < 4.78 is 2.84. The third kappa shape index (κ3) is 2.36. The molecule has 2 aromatic heterocycles. The van der Waals surface area contributed by atoms with Crippen molar-refractivity contribution < 1.29 is 0 Å². The third-order valence-electron chi connectivity index (χ3n) is 3.27. The molecule has 0 fully saturated rings. The van der Waals surface area contributed by atoms with Crippen LogP contribution in [0.4, 0.5) is 0 Å². The van der Waals surface area contributed by atoms with Crippen LogP contribution < -0.4 is 0 Å². The molecule has 0 aliphatic carbocycles. The van der Waals surface area contributed by atoms with Gasteiger partial charge in [-0.25, -0.2) is 0 Å². The number of thiophene rings is 1. The van der Waals surface area contributed by atoms with Gasteiger partial charge in [-0.2, -0.15) is 0 Å². The highest BCUT2D eigenvalue weighted by molar-refractivity contribution is 7.71. The number of aromatic amines is 1. The lowest BCUT2D eigenvalue weighted by Gasteiger charge is -2.02. The molecule has 19 heavy (non-hydrogen) atoms. The van der Waals surface area contributed by atoms with Crippen LogP contribution in [0.5, 0.6) is 0 Å². The molecule has 98 valence electrons. The standard InChI is InChI=1S/C14H13ClN2S2/c1-8-5-11(19-9(8)2)7-17-13-6-10(15)3-4-12(13)16-14(17)18/h3-6H,7H2,1-2H3,(H,16,18). The molecule has 0 spiro atoms. The monoisotopic (exact) mass is 308 g/mol. The summed E-state index contributed by atoms with van der Waals surface area (Å²) in [6, 6.07) is 8.02. The molecule has 2 heterocycles. The van der Waals surface area contributed by atoms with Crippen LogP contribution in [0.1, 0.15) is 15.3 Å². The Kier molecular flexibility index (Phi) is 3.25. The quantitative estimate of drug-likeness (QED) is 0.655. The Morgan fingerprint density at radius 2 is 2.11 bits per heavy atom. The average Bonchev–Trinajstić information content (AvgIpc) is 2.82. The molecule has 0 unspecified atom stereocenters. The second-order valence-electron chi connectivity index (χ2n) is 4.63. The summed E-state index contributed by atoms with van der Waals surface area (Å²) in [4.78, 5) is 5.89. The average molecular weight is 309 g/mol.